The first-order valence-electron chi connectivity index (χ1n) is 8.00. The summed E-state index contributed by atoms with van der Waals surface area (Å²) >= 11 is 1.26. The Morgan fingerprint density at radius 1 is 1.19 bits per heavy atom. The molecular weight excluding hydrogens is 377 g/mol. The molecule has 0 atom stereocenters. The maximum Gasteiger partial charge on any atom is 0.416 e. The number of benzene rings is 1. The van der Waals surface area contributed by atoms with E-state index in [1.165, 1.54) is 22.0 Å². The third-order valence-corrected chi connectivity index (χ3v) is 5.14. The molecule has 0 unspecified atom stereocenters. The summed E-state index contributed by atoms with van der Waals surface area (Å²) in [5.74, 6) is 0. The summed E-state index contributed by atoms with van der Waals surface area (Å²) in [6, 6.07) is 8.63. The van der Waals surface area contributed by atoms with Crippen LogP contribution in [-0.4, -0.2) is 16.2 Å². The van der Waals surface area contributed by atoms with Gasteiger partial charge >= 0.3 is 6.18 Å². The summed E-state index contributed by atoms with van der Waals surface area (Å²) in [5, 5.41) is 0. The molecule has 4 rings (SSSR count). The lowest BCUT2D eigenvalue weighted by Gasteiger charge is -2.26. The number of hydrogen-bond donors (Lipinski definition) is 0. The minimum atomic E-state index is -4.42. The minimum absolute atomic E-state index is 0.149. The maximum absolute atomic E-state index is 12.9. The van der Waals surface area contributed by atoms with Crippen LogP contribution in [0.1, 0.15) is 11.1 Å². The van der Waals surface area contributed by atoms with Gasteiger partial charge in [0.2, 0.25) is 0 Å². The van der Waals surface area contributed by atoms with Crippen molar-refractivity contribution in [2.75, 3.05) is 11.6 Å². The maximum atomic E-state index is 12.9. The number of aromatic nitrogens is 2. The molecule has 0 bridgehead atoms. The highest BCUT2D eigenvalue weighted by Crippen LogP contribution is 2.31. The van der Waals surface area contributed by atoms with Gasteiger partial charge in [0, 0.05) is 18.1 Å². The second-order valence-electron chi connectivity index (χ2n) is 5.94. The van der Waals surface area contributed by atoms with Crippen LogP contribution in [0.5, 0.6) is 0 Å². The summed E-state index contributed by atoms with van der Waals surface area (Å²) in [5.41, 5.74) is 0.215. The molecule has 138 valence electrons. The van der Waals surface area contributed by atoms with Gasteiger partial charge in [-0.05, 0) is 35.9 Å². The highest BCUT2D eigenvalue weighted by Gasteiger charge is 2.31. The van der Waals surface area contributed by atoms with E-state index in [2.05, 4.69) is 9.98 Å². The van der Waals surface area contributed by atoms with Crippen LogP contribution >= 0.6 is 11.3 Å². The summed E-state index contributed by atoms with van der Waals surface area (Å²) in [4.78, 5) is 23.2. The molecule has 0 N–H and O–H groups in total. The van der Waals surface area contributed by atoms with Crippen LogP contribution in [0.25, 0.3) is 6.08 Å². The van der Waals surface area contributed by atoms with Crippen molar-refractivity contribution in [2.24, 2.45) is 4.99 Å². The van der Waals surface area contributed by atoms with Gasteiger partial charge in [0.15, 0.2) is 4.80 Å². The van der Waals surface area contributed by atoms with Crippen molar-refractivity contribution in [1.82, 2.24) is 9.55 Å². The lowest BCUT2D eigenvalue weighted by Crippen LogP contribution is -2.42. The standard InChI is InChI=1S/C18H13F3N4OS/c19-18(20,21)13-4-1-5-14(8-13)24-10-23-17-25(11-24)16(26)15(27-17)7-12-3-2-6-22-9-12/h1-9H,10-11H2/b15-7-. The normalized spacial score (nSPS) is 14.8. The molecular formula is C18H13F3N4OS. The van der Waals surface area contributed by atoms with Crippen molar-refractivity contribution < 1.29 is 13.2 Å². The molecule has 0 saturated carbocycles. The van der Waals surface area contributed by atoms with Crippen molar-refractivity contribution >= 4 is 23.1 Å². The first-order chi connectivity index (χ1) is 12.9. The number of alkyl halides is 3. The quantitative estimate of drug-likeness (QED) is 0.674. The molecule has 1 aliphatic heterocycles. The Hall–Kier alpha value is -2.94. The van der Waals surface area contributed by atoms with E-state index in [4.69, 9.17) is 0 Å². The van der Waals surface area contributed by atoms with Crippen LogP contribution in [0.2, 0.25) is 0 Å². The van der Waals surface area contributed by atoms with E-state index in [0.717, 1.165) is 17.7 Å². The van der Waals surface area contributed by atoms with Crippen molar-refractivity contribution in [3.63, 3.8) is 0 Å². The van der Waals surface area contributed by atoms with Crippen LogP contribution in [-0.2, 0) is 12.8 Å². The number of fused-ring (bicyclic) bond motifs is 1. The molecule has 0 aliphatic carbocycles. The highest BCUT2D eigenvalue weighted by molar-refractivity contribution is 7.07. The van der Waals surface area contributed by atoms with Gasteiger partial charge in [-0.15, -0.1) is 0 Å². The average Bonchev–Trinajstić information content (AvgIpc) is 2.97. The van der Waals surface area contributed by atoms with Gasteiger partial charge < -0.3 is 4.90 Å². The zero-order valence-electron chi connectivity index (χ0n) is 13.8. The number of halogens is 3. The smallest absolute Gasteiger partial charge is 0.334 e. The van der Waals surface area contributed by atoms with E-state index in [0.29, 0.717) is 15.0 Å². The van der Waals surface area contributed by atoms with Crippen molar-refractivity contribution in [3.05, 3.63) is 79.6 Å². The van der Waals surface area contributed by atoms with Crippen LogP contribution in [0.15, 0.2) is 58.6 Å². The lowest BCUT2D eigenvalue weighted by atomic mass is 10.2. The van der Waals surface area contributed by atoms with Crippen molar-refractivity contribution in [1.29, 1.82) is 0 Å². The van der Waals surface area contributed by atoms with E-state index in [1.807, 2.05) is 6.07 Å². The van der Waals surface area contributed by atoms with Gasteiger partial charge in [-0.25, -0.2) is 4.99 Å². The Balaban J connectivity index is 1.69. The number of rotatable bonds is 2. The lowest BCUT2D eigenvalue weighted by molar-refractivity contribution is -0.137. The van der Waals surface area contributed by atoms with Crippen LogP contribution < -0.4 is 19.8 Å². The molecule has 2 aromatic heterocycles. The molecule has 5 nitrogen and oxygen atoms in total. The molecule has 0 spiro atoms. The predicted octanol–water partition coefficient (Wildman–Crippen LogP) is 2.21. The second-order valence-corrected chi connectivity index (χ2v) is 6.95. The third-order valence-electron chi connectivity index (χ3n) is 4.10. The predicted molar refractivity (Wildman–Crippen MR) is 96.0 cm³/mol. The third kappa shape index (κ3) is 3.50. The largest absolute Gasteiger partial charge is 0.416 e. The molecule has 1 aliphatic rings. The number of nitrogens with zero attached hydrogens (tertiary/aromatic N) is 4. The molecule has 0 saturated heterocycles. The molecule has 1 aromatic carbocycles. The van der Waals surface area contributed by atoms with Crippen molar-refractivity contribution in [3.8, 4) is 0 Å². The molecule has 0 fully saturated rings. The Labute approximate surface area is 155 Å². The zero-order chi connectivity index (χ0) is 19.0. The van der Waals surface area contributed by atoms with Gasteiger partial charge in [-0.1, -0.05) is 23.5 Å². The molecule has 0 radical (unpaired) electrons. The second kappa shape index (κ2) is 6.66. The Bertz CT molecular complexity index is 1150. The van der Waals surface area contributed by atoms with E-state index in [9.17, 15) is 18.0 Å². The van der Waals surface area contributed by atoms with Gasteiger partial charge in [0.25, 0.3) is 5.56 Å². The average molecular weight is 390 g/mol. The van der Waals surface area contributed by atoms with E-state index >= 15 is 0 Å². The first kappa shape index (κ1) is 17.5. The number of anilines is 1. The summed E-state index contributed by atoms with van der Waals surface area (Å²) in [6.07, 6.45) is 0.607. The van der Waals surface area contributed by atoms with Gasteiger partial charge in [-0.3, -0.25) is 14.3 Å². The molecule has 9 heteroatoms. The fourth-order valence-electron chi connectivity index (χ4n) is 2.77. The SMILES string of the molecule is O=c1/c(=C/c2cccnc2)sc2n1CN(c1cccc(C(F)(F)F)c1)CN=2. The number of hydrogen-bond acceptors (Lipinski definition) is 5. The van der Waals surface area contributed by atoms with E-state index in [1.54, 1.807) is 35.5 Å². The molecule has 27 heavy (non-hydrogen) atoms. The van der Waals surface area contributed by atoms with Crippen molar-refractivity contribution in [2.45, 2.75) is 12.8 Å². The molecule has 3 aromatic rings. The van der Waals surface area contributed by atoms with Gasteiger partial charge in [0.1, 0.15) is 13.3 Å². The Kier molecular flexibility index (Phi) is 4.31. The van der Waals surface area contributed by atoms with Gasteiger partial charge in [-0.2, -0.15) is 13.2 Å². The van der Waals surface area contributed by atoms with Crippen LogP contribution in [0.3, 0.4) is 0 Å². The molecule has 3 heterocycles. The number of pyridine rings is 1. The van der Waals surface area contributed by atoms with Gasteiger partial charge in [0.05, 0.1) is 10.1 Å². The monoisotopic (exact) mass is 390 g/mol. The van der Waals surface area contributed by atoms with Crippen LogP contribution in [0, 0.1) is 0 Å². The molecule has 0 amide bonds. The summed E-state index contributed by atoms with van der Waals surface area (Å²) in [6.45, 7) is 0.337. The summed E-state index contributed by atoms with van der Waals surface area (Å²) < 4.78 is 40.8. The highest BCUT2D eigenvalue weighted by atomic mass is 32.1. The Morgan fingerprint density at radius 2 is 2.04 bits per heavy atom. The topological polar surface area (TPSA) is 50.5 Å². The van der Waals surface area contributed by atoms with Crippen LogP contribution in [0.4, 0.5) is 18.9 Å². The fourth-order valence-corrected chi connectivity index (χ4v) is 3.73. The Morgan fingerprint density at radius 3 is 2.78 bits per heavy atom. The number of thiazole rings is 1. The summed E-state index contributed by atoms with van der Waals surface area (Å²) in [7, 11) is 0. The van der Waals surface area contributed by atoms with E-state index < -0.39 is 11.7 Å². The fraction of sp³-hybridized carbons (Fsp3) is 0.167. The zero-order valence-corrected chi connectivity index (χ0v) is 14.7. The minimum Gasteiger partial charge on any atom is -0.334 e. The first-order valence-corrected chi connectivity index (χ1v) is 8.81. The van der Waals surface area contributed by atoms with E-state index in [-0.39, 0.29) is 18.9 Å².